The average Bonchev–Trinajstić information content (AvgIpc) is 2.68. The molecule has 2 bridgehead atoms. The molecule has 2 rings (SSSR count). The van der Waals surface area contributed by atoms with Crippen LogP contribution in [-0.2, 0) is 0 Å². The molecule has 5 atom stereocenters. The molecule has 0 amide bonds. The van der Waals surface area contributed by atoms with Crippen molar-refractivity contribution in [3.05, 3.63) is 0 Å². The van der Waals surface area contributed by atoms with Crippen molar-refractivity contribution >= 4 is 0 Å². The molecule has 2 aliphatic carbocycles. The lowest BCUT2D eigenvalue weighted by Gasteiger charge is -2.35. The molecule has 0 nitrogen and oxygen atoms in total. The summed E-state index contributed by atoms with van der Waals surface area (Å²) in [5, 5.41) is 0. The maximum absolute atomic E-state index is 13.3. The number of rotatable bonds is 2. The predicted octanol–water partition coefficient (Wildman–Crippen LogP) is 3.82. The van der Waals surface area contributed by atoms with E-state index in [0.717, 1.165) is 6.42 Å². The van der Waals surface area contributed by atoms with E-state index >= 15 is 0 Å². The zero-order valence-electron chi connectivity index (χ0n) is 8.89. The smallest absolute Gasteiger partial charge is 0.204 e. The van der Waals surface area contributed by atoms with E-state index in [-0.39, 0.29) is 24.2 Å². The van der Waals surface area contributed by atoms with Crippen LogP contribution in [-0.4, -0.2) is 12.3 Å². The second-order valence-corrected chi connectivity index (χ2v) is 5.20. The third kappa shape index (κ3) is 1.48. The van der Waals surface area contributed by atoms with Crippen molar-refractivity contribution in [3.63, 3.8) is 0 Å². The highest BCUT2D eigenvalue weighted by molar-refractivity contribution is 5.02. The number of fused-ring (bicyclic) bond motifs is 2. The molecule has 0 N–H and O–H groups in total. The first kappa shape index (κ1) is 11.2. The molecule has 15 heavy (non-hydrogen) atoms. The third-order valence-electron chi connectivity index (χ3n) is 4.68. The van der Waals surface area contributed by atoms with Gasteiger partial charge in [0.15, 0.2) is 0 Å². The lowest BCUT2D eigenvalue weighted by atomic mass is 9.73. The number of halogens is 4. The Balaban J connectivity index is 2.16. The van der Waals surface area contributed by atoms with Crippen LogP contribution >= 0.6 is 0 Å². The summed E-state index contributed by atoms with van der Waals surface area (Å²) in [7, 11) is 0. The minimum atomic E-state index is -3.78. The van der Waals surface area contributed by atoms with Gasteiger partial charge >= 0.3 is 12.3 Å². The van der Waals surface area contributed by atoms with Crippen molar-refractivity contribution in [2.24, 2.45) is 29.6 Å². The van der Waals surface area contributed by atoms with Crippen LogP contribution in [0.25, 0.3) is 0 Å². The first-order valence-corrected chi connectivity index (χ1v) is 5.51. The van der Waals surface area contributed by atoms with E-state index in [1.165, 1.54) is 0 Å². The summed E-state index contributed by atoms with van der Waals surface area (Å²) in [6.45, 7) is 3.97. The molecule has 2 fully saturated rings. The Morgan fingerprint density at radius 1 is 1.07 bits per heavy atom. The second-order valence-electron chi connectivity index (χ2n) is 5.20. The lowest BCUT2D eigenvalue weighted by molar-refractivity contribution is -0.182. The lowest BCUT2D eigenvalue weighted by Crippen LogP contribution is -2.42. The van der Waals surface area contributed by atoms with E-state index < -0.39 is 18.3 Å². The maximum Gasteiger partial charge on any atom is 0.310 e. The van der Waals surface area contributed by atoms with Crippen molar-refractivity contribution in [3.8, 4) is 0 Å². The first-order valence-electron chi connectivity index (χ1n) is 5.51. The molecule has 0 heterocycles. The van der Waals surface area contributed by atoms with E-state index in [1.54, 1.807) is 0 Å². The Kier molecular flexibility index (Phi) is 2.51. The van der Waals surface area contributed by atoms with Gasteiger partial charge in [-0.05, 0) is 36.5 Å². The molecule has 88 valence electrons. The van der Waals surface area contributed by atoms with Crippen LogP contribution in [0.2, 0.25) is 0 Å². The van der Waals surface area contributed by atoms with E-state index in [4.69, 9.17) is 0 Å². The third-order valence-corrected chi connectivity index (χ3v) is 4.68. The van der Waals surface area contributed by atoms with E-state index in [2.05, 4.69) is 0 Å². The summed E-state index contributed by atoms with van der Waals surface area (Å²) in [5.41, 5.74) is 0. The molecule has 4 heteroatoms. The standard InChI is InChI=1S/C11H16F4/c1-5-6(2)8-3-7(5)4-9(8)11(14,15)10(12)13/h5-10H,3-4H2,1-2H3. The van der Waals surface area contributed by atoms with Gasteiger partial charge in [-0.1, -0.05) is 13.8 Å². The highest BCUT2D eigenvalue weighted by Crippen LogP contribution is 2.59. The van der Waals surface area contributed by atoms with Crippen LogP contribution in [0, 0.1) is 29.6 Å². The molecule has 0 aliphatic heterocycles. The highest BCUT2D eigenvalue weighted by Gasteiger charge is 2.60. The van der Waals surface area contributed by atoms with E-state index in [9.17, 15) is 17.6 Å². The predicted molar refractivity (Wildman–Crippen MR) is 49.0 cm³/mol. The molecule has 0 aromatic heterocycles. The summed E-state index contributed by atoms with van der Waals surface area (Å²) in [4.78, 5) is 0. The Labute approximate surface area is 87.0 Å². The van der Waals surface area contributed by atoms with Gasteiger partial charge in [-0.15, -0.1) is 0 Å². The number of alkyl halides is 4. The molecule has 5 unspecified atom stereocenters. The minimum absolute atomic E-state index is 0.165. The molecule has 0 saturated heterocycles. The monoisotopic (exact) mass is 224 g/mol. The Morgan fingerprint density at radius 3 is 2.07 bits per heavy atom. The largest absolute Gasteiger partial charge is 0.310 e. The fraction of sp³-hybridized carbons (Fsp3) is 1.00. The van der Waals surface area contributed by atoms with Crippen LogP contribution in [0.15, 0.2) is 0 Å². The molecule has 2 saturated carbocycles. The van der Waals surface area contributed by atoms with Crippen molar-refractivity contribution < 1.29 is 17.6 Å². The van der Waals surface area contributed by atoms with Gasteiger partial charge in [0, 0.05) is 5.92 Å². The zero-order chi connectivity index (χ0) is 11.4. The number of hydrogen-bond acceptors (Lipinski definition) is 0. The van der Waals surface area contributed by atoms with Crippen LogP contribution < -0.4 is 0 Å². The molecule has 0 radical (unpaired) electrons. The van der Waals surface area contributed by atoms with Gasteiger partial charge in [0.2, 0.25) is 0 Å². The van der Waals surface area contributed by atoms with Gasteiger partial charge in [0.05, 0.1) is 0 Å². The van der Waals surface area contributed by atoms with Gasteiger partial charge < -0.3 is 0 Å². The van der Waals surface area contributed by atoms with Gasteiger partial charge in [-0.25, -0.2) is 8.78 Å². The molecule has 0 aromatic carbocycles. The van der Waals surface area contributed by atoms with Crippen molar-refractivity contribution in [1.29, 1.82) is 0 Å². The molecular weight excluding hydrogens is 208 g/mol. The van der Waals surface area contributed by atoms with E-state index in [1.807, 2.05) is 13.8 Å². The second kappa shape index (κ2) is 3.36. The SMILES string of the molecule is CC1C2CC(C1C)C(C(F)(F)C(F)F)C2. The summed E-state index contributed by atoms with van der Waals surface area (Å²) in [6.07, 6.45) is -2.51. The molecule has 0 spiro atoms. The summed E-state index contributed by atoms with van der Waals surface area (Å²) >= 11 is 0. The summed E-state index contributed by atoms with van der Waals surface area (Å²) in [6, 6.07) is 0. The Hall–Kier alpha value is -0.280. The minimum Gasteiger partial charge on any atom is -0.204 e. The summed E-state index contributed by atoms with van der Waals surface area (Å²) in [5.74, 6) is -4.26. The number of hydrogen-bond donors (Lipinski definition) is 0. The molecular formula is C11H16F4. The fourth-order valence-electron chi connectivity index (χ4n) is 3.55. The van der Waals surface area contributed by atoms with E-state index in [0.29, 0.717) is 5.92 Å². The molecule has 2 aliphatic rings. The van der Waals surface area contributed by atoms with Gasteiger partial charge in [-0.3, -0.25) is 0 Å². The van der Waals surface area contributed by atoms with Crippen LogP contribution in [0.1, 0.15) is 26.7 Å². The fourth-order valence-corrected chi connectivity index (χ4v) is 3.55. The Morgan fingerprint density at radius 2 is 1.67 bits per heavy atom. The average molecular weight is 224 g/mol. The summed E-state index contributed by atoms with van der Waals surface area (Å²) < 4.78 is 51.0. The van der Waals surface area contributed by atoms with Crippen molar-refractivity contribution in [2.45, 2.75) is 39.0 Å². The quantitative estimate of drug-likeness (QED) is 0.625. The van der Waals surface area contributed by atoms with Gasteiger partial charge in [0.1, 0.15) is 0 Å². The van der Waals surface area contributed by atoms with Crippen molar-refractivity contribution in [1.82, 2.24) is 0 Å². The normalized spacial score (nSPS) is 45.4. The Bertz CT molecular complexity index is 249. The topological polar surface area (TPSA) is 0 Å². The highest BCUT2D eigenvalue weighted by atomic mass is 19.3. The van der Waals surface area contributed by atoms with Crippen LogP contribution in [0.4, 0.5) is 17.6 Å². The van der Waals surface area contributed by atoms with Crippen molar-refractivity contribution in [2.75, 3.05) is 0 Å². The van der Waals surface area contributed by atoms with Crippen LogP contribution in [0.5, 0.6) is 0 Å². The van der Waals surface area contributed by atoms with Crippen LogP contribution in [0.3, 0.4) is 0 Å². The van der Waals surface area contributed by atoms with Gasteiger partial charge in [0.25, 0.3) is 0 Å². The molecule has 0 aromatic rings. The first-order chi connectivity index (χ1) is 6.85. The zero-order valence-corrected chi connectivity index (χ0v) is 8.89. The maximum atomic E-state index is 13.3. The van der Waals surface area contributed by atoms with Gasteiger partial charge in [-0.2, -0.15) is 8.78 Å².